The quantitative estimate of drug-likeness (QED) is 0.522. The van der Waals surface area contributed by atoms with Crippen molar-refractivity contribution < 1.29 is 14.7 Å². The fraction of sp³-hybridized carbons (Fsp3) is 0.788. The van der Waals surface area contributed by atoms with Gasteiger partial charge in [0.05, 0.1) is 17.7 Å². The number of nitrogens with one attached hydrogen (secondary N) is 1. The van der Waals surface area contributed by atoms with Gasteiger partial charge in [-0.3, -0.25) is 14.4 Å². The number of rotatable bonds is 7. The molecule has 1 aromatic heterocycles. The molecule has 2 amide bonds. The molecule has 1 spiro atoms. The van der Waals surface area contributed by atoms with Crippen molar-refractivity contribution in [3.63, 3.8) is 0 Å². The molecule has 2 N–H and O–H groups in total. The lowest BCUT2D eigenvalue weighted by atomic mass is 9.65. The third-order valence-electron chi connectivity index (χ3n) is 11.2. The zero-order valence-electron chi connectivity index (χ0n) is 25.0. The fourth-order valence-corrected chi connectivity index (χ4v) is 8.56. The summed E-state index contributed by atoms with van der Waals surface area (Å²) in [5.41, 5.74) is -0.132. The van der Waals surface area contributed by atoms with E-state index in [2.05, 4.69) is 12.2 Å². The second-order valence-electron chi connectivity index (χ2n) is 14.1. The molecule has 3 heterocycles. The molecule has 5 fully saturated rings. The summed E-state index contributed by atoms with van der Waals surface area (Å²) < 4.78 is 1.62. The predicted molar refractivity (Wildman–Crippen MR) is 159 cm³/mol. The van der Waals surface area contributed by atoms with Crippen molar-refractivity contribution in [2.75, 3.05) is 39.3 Å². The maximum Gasteiger partial charge on any atom is 0.255 e. The van der Waals surface area contributed by atoms with Crippen LogP contribution >= 0.6 is 0 Å². The molecule has 3 aliphatic carbocycles. The third kappa shape index (κ3) is 5.88. The molecule has 0 unspecified atom stereocenters. The molecule has 2 aliphatic heterocycles. The third-order valence-corrected chi connectivity index (χ3v) is 11.2. The molecule has 41 heavy (non-hydrogen) atoms. The Labute approximate surface area is 244 Å². The van der Waals surface area contributed by atoms with Gasteiger partial charge in [0.25, 0.3) is 11.5 Å². The lowest BCUT2D eigenvalue weighted by molar-refractivity contribution is -0.163. The minimum Gasteiger partial charge on any atom is -0.387 e. The van der Waals surface area contributed by atoms with Crippen LogP contribution in [0.5, 0.6) is 0 Å². The highest BCUT2D eigenvalue weighted by Crippen LogP contribution is 2.52. The van der Waals surface area contributed by atoms with Crippen LogP contribution in [0.25, 0.3) is 0 Å². The number of nitrogens with zero attached hydrogens (tertiary/aromatic N) is 3. The van der Waals surface area contributed by atoms with E-state index >= 15 is 0 Å². The average molecular weight is 567 g/mol. The van der Waals surface area contributed by atoms with Crippen molar-refractivity contribution in [2.24, 2.45) is 17.3 Å². The van der Waals surface area contributed by atoms with Crippen molar-refractivity contribution in [2.45, 2.75) is 108 Å². The van der Waals surface area contributed by atoms with Crippen molar-refractivity contribution in [1.29, 1.82) is 0 Å². The van der Waals surface area contributed by atoms with E-state index in [4.69, 9.17) is 0 Å². The number of aromatic nitrogens is 1. The Morgan fingerprint density at radius 1 is 0.976 bits per heavy atom. The zero-order chi connectivity index (χ0) is 28.6. The lowest BCUT2D eigenvalue weighted by Gasteiger charge is -2.53. The number of aliphatic hydroxyl groups is 1. The Balaban J connectivity index is 1.22. The number of hydrogen-bond donors (Lipinski definition) is 2. The Bertz CT molecular complexity index is 1170. The molecule has 8 heteroatoms. The highest BCUT2D eigenvalue weighted by Gasteiger charge is 2.56. The second kappa shape index (κ2) is 11.8. The minimum absolute atomic E-state index is 0.00270. The Morgan fingerprint density at radius 3 is 2.37 bits per heavy atom. The Kier molecular flexibility index (Phi) is 8.34. The Hall–Kier alpha value is -2.19. The highest BCUT2D eigenvalue weighted by atomic mass is 16.3. The summed E-state index contributed by atoms with van der Waals surface area (Å²) in [6.07, 6.45) is 15.4. The van der Waals surface area contributed by atoms with Gasteiger partial charge in [-0.15, -0.1) is 0 Å². The van der Waals surface area contributed by atoms with Crippen LogP contribution in [0.1, 0.15) is 112 Å². The zero-order valence-corrected chi connectivity index (χ0v) is 25.0. The maximum absolute atomic E-state index is 13.7. The number of likely N-dealkylation sites (tertiary alicyclic amines) is 1. The van der Waals surface area contributed by atoms with Gasteiger partial charge in [0.1, 0.15) is 0 Å². The SMILES string of the molecule is C[C@H](CC1CCCCC1)C(=O)N1CC[C@@](O)(Cn2cc(C(=O)N3CCNCC3)c(C3CC3)cc2=O)C2(CCCC2)C1. The number of carbonyl (C=O) groups excluding carboxylic acids is 2. The fourth-order valence-electron chi connectivity index (χ4n) is 8.56. The van der Waals surface area contributed by atoms with Gasteiger partial charge in [-0.1, -0.05) is 51.9 Å². The smallest absolute Gasteiger partial charge is 0.255 e. The van der Waals surface area contributed by atoms with Crippen LogP contribution in [0.15, 0.2) is 17.1 Å². The first-order valence-corrected chi connectivity index (χ1v) is 16.5. The van der Waals surface area contributed by atoms with Gasteiger partial charge in [0.2, 0.25) is 5.91 Å². The van der Waals surface area contributed by atoms with Crippen molar-refractivity contribution in [3.05, 3.63) is 33.7 Å². The number of hydrogen-bond acceptors (Lipinski definition) is 5. The first kappa shape index (κ1) is 28.9. The van der Waals surface area contributed by atoms with E-state index in [0.29, 0.717) is 44.1 Å². The molecular weight excluding hydrogens is 516 g/mol. The summed E-state index contributed by atoms with van der Waals surface area (Å²) in [5.74, 6) is 1.19. The second-order valence-corrected chi connectivity index (χ2v) is 14.1. The van der Waals surface area contributed by atoms with E-state index in [1.807, 2.05) is 9.80 Å². The van der Waals surface area contributed by atoms with E-state index in [1.165, 1.54) is 32.1 Å². The lowest BCUT2D eigenvalue weighted by Crippen LogP contribution is -2.62. The monoisotopic (exact) mass is 566 g/mol. The van der Waals surface area contributed by atoms with Gasteiger partial charge in [-0.2, -0.15) is 0 Å². The molecule has 226 valence electrons. The summed E-state index contributed by atoms with van der Waals surface area (Å²) in [7, 11) is 0. The molecular formula is C33H50N4O4. The van der Waals surface area contributed by atoms with E-state index in [1.54, 1.807) is 16.8 Å². The molecule has 0 bridgehead atoms. The number of carbonyl (C=O) groups is 2. The standard InChI is InChI=1S/C33H50N4O4/c1-24(19-25-7-3-2-4-8-25)30(39)36-16-13-33(41,32(22-36)11-5-6-12-32)23-37-21-28(27(20-29(37)38)26-9-10-26)31(40)35-17-14-34-15-18-35/h20-21,24-26,34,41H,2-19,22-23H2,1H3/t24-,33-/m1/s1. The number of piperidine rings is 1. The van der Waals surface area contributed by atoms with Crippen LogP contribution in [0.2, 0.25) is 0 Å². The summed E-state index contributed by atoms with van der Waals surface area (Å²) in [6, 6.07) is 1.67. The number of piperazine rings is 1. The van der Waals surface area contributed by atoms with Crippen LogP contribution < -0.4 is 10.9 Å². The minimum atomic E-state index is -1.09. The highest BCUT2D eigenvalue weighted by molar-refractivity contribution is 5.95. The van der Waals surface area contributed by atoms with Gasteiger partial charge in [0, 0.05) is 62.9 Å². The van der Waals surface area contributed by atoms with Crippen molar-refractivity contribution in [1.82, 2.24) is 19.7 Å². The van der Waals surface area contributed by atoms with Crippen LogP contribution in [0, 0.1) is 17.3 Å². The largest absolute Gasteiger partial charge is 0.387 e. The van der Waals surface area contributed by atoms with E-state index < -0.39 is 11.0 Å². The summed E-state index contributed by atoms with van der Waals surface area (Å²) in [5, 5.41) is 15.7. The maximum atomic E-state index is 13.7. The van der Waals surface area contributed by atoms with Gasteiger partial charge in [-0.25, -0.2) is 0 Å². The van der Waals surface area contributed by atoms with Gasteiger partial charge >= 0.3 is 0 Å². The van der Waals surface area contributed by atoms with Crippen LogP contribution in [0.3, 0.4) is 0 Å². The normalized spacial score (nSPS) is 27.8. The molecule has 3 saturated carbocycles. The number of amides is 2. The Morgan fingerprint density at radius 2 is 1.68 bits per heavy atom. The predicted octanol–water partition coefficient (Wildman–Crippen LogP) is 3.90. The van der Waals surface area contributed by atoms with Crippen LogP contribution in [0.4, 0.5) is 0 Å². The van der Waals surface area contributed by atoms with Crippen molar-refractivity contribution >= 4 is 11.8 Å². The molecule has 0 radical (unpaired) electrons. The van der Waals surface area contributed by atoms with Gasteiger partial charge in [0.15, 0.2) is 0 Å². The molecule has 8 nitrogen and oxygen atoms in total. The topological polar surface area (TPSA) is 94.9 Å². The van der Waals surface area contributed by atoms with Crippen LogP contribution in [-0.2, 0) is 11.3 Å². The van der Waals surface area contributed by atoms with E-state index in [9.17, 15) is 19.5 Å². The van der Waals surface area contributed by atoms with E-state index in [-0.39, 0.29) is 35.8 Å². The molecule has 2 atom stereocenters. The average Bonchev–Trinajstić information content (AvgIpc) is 3.73. The van der Waals surface area contributed by atoms with Crippen molar-refractivity contribution in [3.8, 4) is 0 Å². The molecule has 5 aliphatic rings. The molecule has 1 aromatic rings. The first-order chi connectivity index (χ1) is 19.8. The molecule has 0 aromatic carbocycles. The number of pyridine rings is 1. The first-order valence-electron chi connectivity index (χ1n) is 16.5. The van der Waals surface area contributed by atoms with E-state index in [0.717, 1.165) is 63.6 Å². The van der Waals surface area contributed by atoms with Gasteiger partial charge in [-0.05, 0) is 55.9 Å². The van der Waals surface area contributed by atoms with Gasteiger partial charge < -0.3 is 24.8 Å². The summed E-state index contributed by atoms with van der Waals surface area (Å²) in [4.78, 5) is 44.7. The summed E-state index contributed by atoms with van der Waals surface area (Å²) in [6.45, 7) is 6.25. The molecule has 2 saturated heterocycles. The molecule has 6 rings (SSSR count). The van der Waals surface area contributed by atoms with Crippen LogP contribution in [-0.4, -0.2) is 76.2 Å². The summed E-state index contributed by atoms with van der Waals surface area (Å²) >= 11 is 0.